The summed E-state index contributed by atoms with van der Waals surface area (Å²) in [5, 5.41) is 2.83. The number of nitrogens with zero attached hydrogens (tertiary/aromatic N) is 1. The fourth-order valence-electron chi connectivity index (χ4n) is 2.45. The molecule has 0 bridgehead atoms. The number of hydrogen-bond acceptors (Lipinski definition) is 3. The molecular formula is C19H23N3O2. The number of para-hydroxylation sites is 1. The van der Waals surface area contributed by atoms with Crippen molar-refractivity contribution in [3.05, 3.63) is 59.7 Å². The third-order valence-corrected chi connectivity index (χ3v) is 3.80. The molecule has 24 heavy (non-hydrogen) atoms. The van der Waals surface area contributed by atoms with Crippen LogP contribution in [0.4, 0.5) is 11.4 Å². The Labute approximate surface area is 142 Å². The Morgan fingerprint density at radius 2 is 1.71 bits per heavy atom. The normalized spacial score (nSPS) is 10.5. The lowest BCUT2D eigenvalue weighted by Crippen LogP contribution is -2.34. The molecule has 0 unspecified atom stereocenters. The van der Waals surface area contributed by atoms with Crippen LogP contribution in [0.25, 0.3) is 0 Å². The molecule has 0 aliphatic rings. The first-order valence-electron chi connectivity index (χ1n) is 7.90. The number of nitrogens with two attached hydrogens (primary N) is 1. The monoisotopic (exact) mass is 325 g/mol. The zero-order chi connectivity index (χ0) is 17.7. The topological polar surface area (TPSA) is 75.4 Å². The number of carbonyl (C=O) groups is 2. The summed E-state index contributed by atoms with van der Waals surface area (Å²) in [5.74, 6) is -0.199. The molecule has 0 spiro atoms. The standard InChI is InChI=1S/C19H23N3O2/c1-13(2)22(14(3)23)12-15-8-10-16(11-9-15)21-19(24)17-6-4-5-7-18(17)20/h4-11,13H,12,20H2,1-3H3,(H,21,24). The second kappa shape index (κ2) is 7.64. The lowest BCUT2D eigenvalue weighted by atomic mass is 10.1. The fourth-order valence-corrected chi connectivity index (χ4v) is 2.45. The van der Waals surface area contributed by atoms with Crippen molar-refractivity contribution < 1.29 is 9.59 Å². The molecule has 0 saturated heterocycles. The molecule has 0 aliphatic heterocycles. The summed E-state index contributed by atoms with van der Waals surface area (Å²) in [6, 6.07) is 14.5. The van der Waals surface area contributed by atoms with Crippen molar-refractivity contribution in [2.24, 2.45) is 0 Å². The summed E-state index contributed by atoms with van der Waals surface area (Å²) in [7, 11) is 0. The van der Waals surface area contributed by atoms with E-state index in [9.17, 15) is 9.59 Å². The van der Waals surface area contributed by atoms with Crippen LogP contribution in [-0.2, 0) is 11.3 Å². The molecule has 0 heterocycles. The Bertz CT molecular complexity index is 724. The number of nitrogens with one attached hydrogen (secondary N) is 1. The molecule has 2 amide bonds. The molecule has 3 N–H and O–H groups in total. The van der Waals surface area contributed by atoms with Crippen LogP contribution in [0.5, 0.6) is 0 Å². The minimum Gasteiger partial charge on any atom is -0.398 e. The van der Waals surface area contributed by atoms with E-state index in [1.807, 2.05) is 38.1 Å². The van der Waals surface area contributed by atoms with Gasteiger partial charge in [0.15, 0.2) is 0 Å². The van der Waals surface area contributed by atoms with Crippen molar-refractivity contribution in [1.82, 2.24) is 4.90 Å². The highest BCUT2D eigenvalue weighted by Crippen LogP contribution is 2.16. The van der Waals surface area contributed by atoms with Gasteiger partial charge in [-0.25, -0.2) is 0 Å². The largest absolute Gasteiger partial charge is 0.398 e. The first-order chi connectivity index (χ1) is 11.4. The van der Waals surface area contributed by atoms with Gasteiger partial charge in [0.1, 0.15) is 0 Å². The highest BCUT2D eigenvalue weighted by atomic mass is 16.2. The van der Waals surface area contributed by atoms with Crippen molar-refractivity contribution >= 4 is 23.2 Å². The second-order valence-electron chi connectivity index (χ2n) is 5.98. The molecule has 5 heteroatoms. The van der Waals surface area contributed by atoms with Crippen LogP contribution in [-0.4, -0.2) is 22.8 Å². The van der Waals surface area contributed by atoms with E-state index in [4.69, 9.17) is 5.73 Å². The highest BCUT2D eigenvalue weighted by molar-refractivity contribution is 6.07. The Morgan fingerprint density at radius 3 is 2.25 bits per heavy atom. The van der Waals surface area contributed by atoms with Crippen molar-refractivity contribution in [2.75, 3.05) is 11.1 Å². The molecule has 126 valence electrons. The number of benzene rings is 2. The van der Waals surface area contributed by atoms with E-state index in [0.717, 1.165) is 5.56 Å². The van der Waals surface area contributed by atoms with Crippen molar-refractivity contribution in [1.29, 1.82) is 0 Å². The van der Waals surface area contributed by atoms with Gasteiger partial charge in [-0.2, -0.15) is 0 Å². The molecule has 2 aromatic rings. The minimum absolute atomic E-state index is 0.0435. The third-order valence-electron chi connectivity index (χ3n) is 3.80. The predicted molar refractivity (Wildman–Crippen MR) is 96.6 cm³/mol. The zero-order valence-electron chi connectivity index (χ0n) is 14.2. The SMILES string of the molecule is CC(=O)N(Cc1ccc(NC(=O)c2ccccc2N)cc1)C(C)C. The quantitative estimate of drug-likeness (QED) is 0.828. The van der Waals surface area contributed by atoms with Crippen LogP contribution in [0.2, 0.25) is 0 Å². The van der Waals surface area contributed by atoms with Gasteiger partial charge in [-0.1, -0.05) is 24.3 Å². The first kappa shape index (κ1) is 17.5. The number of anilines is 2. The van der Waals surface area contributed by atoms with E-state index in [-0.39, 0.29) is 17.9 Å². The number of amides is 2. The molecule has 2 aromatic carbocycles. The summed E-state index contributed by atoms with van der Waals surface area (Å²) >= 11 is 0. The molecule has 0 radical (unpaired) electrons. The van der Waals surface area contributed by atoms with E-state index in [0.29, 0.717) is 23.5 Å². The van der Waals surface area contributed by atoms with Crippen LogP contribution in [0.15, 0.2) is 48.5 Å². The smallest absolute Gasteiger partial charge is 0.257 e. The minimum atomic E-state index is -0.242. The maximum absolute atomic E-state index is 12.2. The van der Waals surface area contributed by atoms with Crippen LogP contribution in [0.3, 0.4) is 0 Å². The van der Waals surface area contributed by atoms with Gasteiger partial charge in [0, 0.05) is 30.9 Å². The molecule has 0 aliphatic carbocycles. The maximum Gasteiger partial charge on any atom is 0.257 e. The van der Waals surface area contributed by atoms with E-state index >= 15 is 0 Å². The van der Waals surface area contributed by atoms with Gasteiger partial charge < -0.3 is 16.0 Å². The lowest BCUT2D eigenvalue weighted by molar-refractivity contribution is -0.131. The van der Waals surface area contributed by atoms with Crippen LogP contribution >= 0.6 is 0 Å². The van der Waals surface area contributed by atoms with E-state index < -0.39 is 0 Å². The van der Waals surface area contributed by atoms with E-state index in [1.54, 1.807) is 36.1 Å². The zero-order valence-corrected chi connectivity index (χ0v) is 14.2. The third kappa shape index (κ3) is 4.35. The number of rotatable bonds is 5. The summed E-state index contributed by atoms with van der Waals surface area (Å²) in [6.45, 7) is 6.09. The summed E-state index contributed by atoms with van der Waals surface area (Å²) in [4.78, 5) is 25.7. The average Bonchev–Trinajstić information content (AvgIpc) is 2.53. The Morgan fingerprint density at radius 1 is 1.08 bits per heavy atom. The van der Waals surface area contributed by atoms with Crippen LogP contribution in [0.1, 0.15) is 36.7 Å². The number of hydrogen-bond donors (Lipinski definition) is 2. The van der Waals surface area contributed by atoms with E-state index in [1.165, 1.54) is 0 Å². The summed E-state index contributed by atoms with van der Waals surface area (Å²) < 4.78 is 0. The van der Waals surface area contributed by atoms with Gasteiger partial charge in [0.05, 0.1) is 5.56 Å². The van der Waals surface area contributed by atoms with Crippen molar-refractivity contribution in [2.45, 2.75) is 33.4 Å². The number of nitrogen functional groups attached to an aromatic ring is 1. The fraction of sp³-hybridized carbons (Fsp3) is 0.263. The highest BCUT2D eigenvalue weighted by Gasteiger charge is 2.13. The van der Waals surface area contributed by atoms with Gasteiger partial charge in [0.2, 0.25) is 5.91 Å². The van der Waals surface area contributed by atoms with Gasteiger partial charge in [-0.05, 0) is 43.7 Å². The van der Waals surface area contributed by atoms with Gasteiger partial charge in [-0.3, -0.25) is 9.59 Å². The Kier molecular flexibility index (Phi) is 5.58. The van der Waals surface area contributed by atoms with Crippen molar-refractivity contribution in [3.8, 4) is 0 Å². The lowest BCUT2D eigenvalue weighted by Gasteiger charge is -2.25. The van der Waals surface area contributed by atoms with Crippen LogP contribution < -0.4 is 11.1 Å². The van der Waals surface area contributed by atoms with Crippen molar-refractivity contribution in [3.63, 3.8) is 0 Å². The molecule has 0 aromatic heterocycles. The molecule has 0 atom stereocenters. The van der Waals surface area contributed by atoms with Gasteiger partial charge in [-0.15, -0.1) is 0 Å². The molecule has 0 fully saturated rings. The molecule has 0 saturated carbocycles. The molecular weight excluding hydrogens is 302 g/mol. The van der Waals surface area contributed by atoms with Crippen LogP contribution in [0, 0.1) is 0 Å². The van der Waals surface area contributed by atoms with Gasteiger partial charge >= 0.3 is 0 Å². The first-order valence-corrected chi connectivity index (χ1v) is 7.90. The van der Waals surface area contributed by atoms with Gasteiger partial charge in [0.25, 0.3) is 5.91 Å². The Hall–Kier alpha value is -2.82. The summed E-state index contributed by atoms with van der Waals surface area (Å²) in [6.07, 6.45) is 0. The predicted octanol–water partition coefficient (Wildman–Crippen LogP) is 3.28. The Balaban J connectivity index is 2.06. The average molecular weight is 325 g/mol. The molecule has 5 nitrogen and oxygen atoms in total. The maximum atomic E-state index is 12.2. The summed E-state index contributed by atoms with van der Waals surface area (Å²) in [5.41, 5.74) is 8.40. The molecule has 2 rings (SSSR count). The number of carbonyl (C=O) groups excluding carboxylic acids is 2. The second-order valence-corrected chi connectivity index (χ2v) is 5.98. The van der Waals surface area contributed by atoms with E-state index in [2.05, 4.69) is 5.32 Å².